The standard InChI is InChI=1S/C7H16O5Si/c8-6-13(9,10)3-1-2-11-4-7-5-12-7/h7-10H,1-6H2. The number of aliphatic hydroxyl groups is 1. The third-order valence-corrected chi connectivity index (χ3v) is 3.49. The summed E-state index contributed by atoms with van der Waals surface area (Å²) < 4.78 is 10.1. The summed E-state index contributed by atoms with van der Waals surface area (Å²) in [5.74, 6) is 0. The molecule has 1 unspecified atom stereocenters. The van der Waals surface area contributed by atoms with Crippen LogP contribution >= 0.6 is 0 Å². The Balaban J connectivity index is 1.87. The van der Waals surface area contributed by atoms with Gasteiger partial charge in [-0.1, -0.05) is 0 Å². The molecule has 13 heavy (non-hydrogen) atoms. The van der Waals surface area contributed by atoms with Gasteiger partial charge in [-0.25, -0.2) is 0 Å². The van der Waals surface area contributed by atoms with Gasteiger partial charge in [-0.15, -0.1) is 0 Å². The van der Waals surface area contributed by atoms with E-state index in [1.807, 2.05) is 0 Å². The van der Waals surface area contributed by atoms with E-state index in [1.165, 1.54) is 0 Å². The fourth-order valence-electron chi connectivity index (χ4n) is 0.915. The van der Waals surface area contributed by atoms with Crippen molar-refractivity contribution in [2.75, 3.05) is 26.1 Å². The lowest BCUT2D eigenvalue weighted by Crippen LogP contribution is -2.39. The Bertz CT molecular complexity index is 148. The zero-order valence-corrected chi connectivity index (χ0v) is 8.48. The summed E-state index contributed by atoms with van der Waals surface area (Å²) in [4.78, 5) is 18.2. The number of rotatable bonds is 7. The SMILES string of the molecule is OC[Si](O)(O)CCCOCC1CO1. The van der Waals surface area contributed by atoms with E-state index in [9.17, 15) is 0 Å². The zero-order chi connectivity index (χ0) is 9.73. The Kier molecular flexibility index (Phi) is 4.30. The third-order valence-electron chi connectivity index (χ3n) is 1.83. The maximum absolute atomic E-state index is 9.11. The van der Waals surface area contributed by atoms with Crippen LogP contribution in [0, 0.1) is 0 Å². The first kappa shape index (κ1) is 11.1. The third kappa shape index (κ3) is 5.35. The van der Waals surface area contributed by atoms with Crippen LogP contribution in [-0.4, -0.2) is 55.4 Å². The molecule has 6 heteroatoms. The van der Waals surface area contributed by atoms with Gasteiger partial charge in [0.05, 0.1) is 19.4 Å². The monoisotopic (exact) mass is 208 g/mol. The maximum atomic E-state index is 9.11. The highest BCUT2D eigenvalue weighted by Gasteiger charge is 2.27. The lowest BCUT2D eigenvalue weighted by molar-refractivity contribution is 0.115. The topological polar surface area (TPSA) is 82.5 Å². The lowest BCUT2D eigenvalue weighted by atomic mass is 10.5. The van der Waals surface area contributed by atoms with E-state index < -0.39 is 14.8 Å². The van der Waals surface area contributed by atoms with E-state index in [4.69, 9.17) is 24.2 Å². The Labute approximate surface area is 78.2 Å². The van der Waals surface area contributed by atoms with Crippen LogP contribution < -0.4 is 0 Å². The van der Waals surface area contributed by atoms with Gasteiger partial charge in [0, 0.05) is 6.61 Å². The molecule has 78 valence electrons. The van der Waals surface area contributed by atoms with Crippen LogP contribution in [0.25, 0.3) is 0 Å². The molecule has 0 saturated carbocycles. The second-order valence-corrected chi connectivity index (χ2v) is 6.06. The molecule has 1 aliphatic heterocycles. The van der Waals surface area contributed by atoms with Gasteiger partial charge in [0.25, 0.3) is 0 Å². The Morgan fingerprint density at radius 1 is 1.46 bits per heavy atom. The van der Waals surface area contributed by atoms with Gasteiger partial charge in [-0.3, -0.25) is 0 Å². The molecule has 3 N–H and O–H groups in total. The van der Waals surface area contributed by atoms with Crippen molar-refractivity contribution in [1.82, 2.24) is 0 Å². The smallest absolute Gasteiger partial charge is 0.359 e. The molecule has 0 aromatic carbocycles. The molecule has 0 aromatic rings. The fraction of sp³-hybridized carbons (Fsp3) is 1.00. The molecule has 0 spiro atoms. The van der Waals surface area contributed by atoms with Crippen molar-refractivity contribution in [3.05, 3.63) is 0 Å². The van der Waals surface area contributed by atoms with Gasteiger partial charge in [0.15, 0.2) is 0 Å². The van der Waals surface area contributed by atoms with Crippen LogP contribution in [0.15, 0.2) is 0 Å². The lowest BCUT2D eigenvalue weighted by Gasteiger charge is -2.13. The molecule has 0 amide bonds. The number of aliphatic hydroxyl groups excluding tert-OH is 1. The Hall–Kier alpha value is 0.0169. The van der Waals surface area contributed by atoms with Gasteiger partial charge in [-0.2, -0.15) is 0 Å². The largest absolute Gasteiger partial charge is 0.409 e. The minimum absolute atomic E-state index is 0.253. The molecular weight excluding hydrogens is 192 g/mol. The minimum Gasteiger partial charge on any atom is -0.409 e. The molecule has 1 fully saturated rings. The number of hydrogen-bond acceptors (Lipinski definition) is 5. The van der Waals surface area contributed by atoms with Crippen molar-refractivity contribution in [2.24, 2.45) is 0 Å². The molecule has 5 nitrogen and oxygen atoms in total. The summed E-state index contributed by atoms with van der Waals surface area (Å²) >= 11 is 0. The van der Waals surface area contributed by atoms with E-state index >= 15 is 0 Å². The van der Waals surface area contributed by atoms with Crippen LogP contribution in [0.1, 0.15) is 6.42 Å². The molecule has 1 saturated heterocycles. The summed E-state index contributed by atoms with van der Waals surface area (Å²) in [6, 6.07) is 0.259. The van der Waals surface area contributed by atoms with Crippen molar-refractivity contribution in [3.8, 4) is 0 Å². The summed E-state index contributed by atoms with van der Waals surface area (Å²) in [5.41, 5.74) is 0. The molecule has 0 bridgehead atoms. The van der Waals surface area contributed by atoms with E-state index in [-0.39, 0.29) is 12.1 Å². The predicted molar refractivity (Wildman–Crippen MR) is 47.3 cm³/mol. The van der Waals surface area contributed by atoms with Gasteiger partial charge in [0.1, 0.15) is 6.10 Å². The summed E-state index contributed by atoms with van der Waals surface area (Å²) in [7, 11) is -3.29. The van der Waals surface area contributed by atoms with Crippen molar-refractivity contribution in [2.45, 2.75) is 18.6 Å². The summed E-state index contributed by atoms with van der Waals surface area (Å²) in [5, 5.41) is 8.55. The quantitative estimate of drug-likeness (QED) is 0.277. The van der Waals surface area contributed by atoms with Crippen LogP contribution in [0.4, 0.5) is 0 Å². The first-order chi connectivity index (χ1) is 6.14. The highest BCUT2D eigenvalue weighted by atomic mass is 28.4. The molecule has 1 atom stereocenters. The van der Waals surface area contributed by atoms with Crippen LogP contribution in [0.3, 0.4) is 0 Å². The van der Waals surface area contributed by atoms with Crippen LogP contribution in [0.5, 0.6) is 0 Å². The number of ether oxygens (including phenoxy) is 2. The van der Waals surface area contributed by atoms with E-state index in [0.29, 0.717) is 19.6 Å². The number of hydrogen-bond donors (Lipinski definition) is 3. The van der Waals surface area contributed by atoms with Crippen molar-refractivity contribution >= 4 is 8.56 Å². The minimum atomic E-state index is -3.29. The van der Waals surface area contributed by atoms with Crippen LogP contribution in [0.2, 0.25) is 6.04 Å². The van der Waals surface area contributed by atoms with E-state index in [1.54, 1.807) is 0 Å². The van der Waals surface area contributed by atoms with Crippen molar-refractivity contribution in [1.29, 1.82) is 0 Å². The molecule has 0 aromatic heterocycles. The average Bonchev–Trinajstić information content (AvgIpc) is 2.87. The molecule has 0 radical (unpaired) electrons. The normalized spacial score (nSPS) is 21.9. The van der Waals surface area contributed by atoms with Gasteiger partial charge >= 0.3 is 8.56 Å². The highest BCUT2D eigenvalue weighted by Crippen LogP contribution is 2.09. The van der Waals surface area contributed by atoms with Gasteiger partial charge in [0.2, 0.25) is 0 Å². The predicted octanol–water partition coefficient (Wildman–Crippen LogP) is -1.25. The number of epoxide rings is 1. The van der Waals surface area contributed by atoms with Crippen molar-refractivity contribution in [3.63, 3.8) is 0 Å². The van der Waals surface area contributed by atoms with Gasteiger partial charge in [-0.05, 0) is 12.5 Å². The zero-order valence-electron chi connectivity index (χ0n) is 7.48. The molecule has 0 aliphatic carbocycles. The highest BCUT2D eigenvalue weighted by molar-refractivity contribution is 6.64. The van der Waals surface area contributed by atoms with Crippen molar-refractivity contribution < 1.29 is 24.2 Å². The second kappa shape index (κ2) is 5.04. The molecular formula is C7H16O5Si. The first-order valence-corrected chi connectivity index (χ1v) is 6.70. The Morgan fingerprint density at radius 3 is 2.69 bits per heavy atom. The molecule has 1 heterocycles. The van der Waals surface area contributed by atoms with Gasteiger partial charge < -0.3 is 24.2 Å². The van der Waals surface area contributed by atoms with E-state index in [2.05, 4.69) is 0 Å². The summed E-state index contributed by atoms with van der Waals surface area (Å²) in [6.07, 6.45) is 0.328. The summed E-state index contributed by atoms with van der Waals surface area (Å²) in [6.45, 7) is 1.86. The van der Waals surface area contributed by atoms with E-state index in [0.717, 1.165) is 6.61 Å². The first-order valence-electron chi connectivity index (χ1n) is 4.39. The maximum Gasteiger partial charge on any atom is 0.359 e. The second-order valence-electron chi connectivity index (χ2n) is 3.27. The van der Waals surface area contributed by atoms with Crippen LogP contribution in [-0.2, 0) is 9.47 Å². The fourth-order valence-corrected chi connectivity index (χ4v) is 1.78. The molecule has 1 rings (SSSR count). The average molecular weight is 208 g/mol. The molecule has 1 aliphatic rings. The Morgan fingerprint density at radius 2 is 2.15 bits per heavy atom.